The number of aromatic nitrogens is 3. The minimum absolute atomic E-state index is 0.216. The molecule has 26 heavy (non-hydrogen) atoms. The molecule has 0 amide bonds. The molecule has 0 radical (unpaired) electrons. The lowest BCUT2D eigenvalue weighted by molar-refractivity contribution is 0.414. The quantitative estimate of drug-likeness (QED) is 0.564. The van der Waals surface area contributed by atoms with Crippen LogP contribution in [-0.2, 0) is 0 Å². The van der Waals surface area contributed by atoms with Crippen molar-refractivity contribution in [2.45, 2.75) is 13.8 Å². The van der Waals surface area contributed by atoms with E-state index in [1.807, 2.05) is 37.3 Å². The molecule has 0 aliphatic rings. The minimum Gasteiger partial charge on any atom is -0.497 e. The predicted molar refractivity (Wildman–Crippen MR) is 101 cm³/mol. The van der Waals surface area contributed by atoms with Gasteiger partial charge in [0.05, 0.1) is 18.5 Å². The number of methoxy groups -OCH3 is 1. The van der Waals surface area contributed by atoms with Crippen molar-refractivity contribution in [1.29, 1.82) is 0 Å². The zero-order valence-electron chi connectivity index (χ0n) is 14.8. The summed E-state index contributed by atoms with van der Waals surface area (Å²) in [6, 6.07) is 15.0. The van der Waals surface area contributed by atoms with Crippen molar-refractivity contribution in [1.82, 2.24) is 15.2 Å². The smallest absolute Gasteiger partial charge is 0.182 e. The molecule has 0 aliphatic carbocycles. The van der Waals surface area contributed by atoms with Gasteiger partial charge in [0.25, 0.3) is 0 Å². The van der Waals surface area contributed by atoms with Crippen LogP contribution in [0, 0.1) is 19.7 Å². The van der Waals surface area contributed by atoms with Gasteiger partial charge >= 0.3 is 0 Å². The van der Waals surface area contributed by atoms with Gasteiger partial charge in [0.1, 0.15) is 11.6 Å². The van der Waals surface area contributed by atoms with Crippen molar-refractivity contribution >= 4 is 11.0 Å². The van der Waals surface area contributed by atoms with Gasteiger partial charge in [-0.25, -0.2) is 9.37 Å². The fourth-order valence-corrected chi connectivity index (χ4v) is 3.09. The molecular formula is C21H18FN3O. The Morgan fingerprint density at radius 1 is 0.962 bits per heavy atom. The van der Waals surface area contributed by atoms with Crippen molar-refractivity contribution < 1.29 is 9.13 Å². The summed E-state index contributed by atoms with van der Waals surface area (Å²) in [4.78, 5) is 4.68. The maximum absolute atomic E-state index is 13.5. The van der Waals surface area contributed by atoms with Crippen molar-refractivity contribution in [2.75, 3.05) is 7.11 Å². The van der Waals surface area contributed by atoms with Crippen LogP contribution >= 0.6 is 0 Å². The van der Waals surface area contributed by atoms with Gasteiger partial charge in [-0.3, -0.25) is 5.10 Å². The van der Waals surface area contributed by atoms with Gasteiger partial charge in [-0.05, 0) is 73.5 Å². The Labute approximate surface area is 150 Å². The van der Waals surface area contributed by atoms with E-state index < -0.39 is 0 Å². The molecule has 0 bridgehead atoms. The van der Waals surface area contributed by atoms with Crippen LogP contribution in [0.1, 0.15) is 11.1 Å². The van der Waals surface area contributed by atoms with Crippen molar-refractivity contribution in [3.05, 3.63) is 65.5 Å². The minimum atomic E-state index is -0.216. The van der Waals surface area contributed by atoms with Crippen LogP contribution < -0.4 is 4.74 Å². The summed E-state index contributed by atoms with van der Waals surface area (Å²) >= 11 is 0. The number of aryl methyl sites for hydroxylation is 2. The number of hydrogen-bond acceptors (Lipinski definition) is 3. The molecule has 130 valence electrons. The first-order valence-electron chi connectivity index (χ1n) is 8.33. The van der Waals surface area contributed by atoms with Crippen molar-refractivity contribution in [3.8, 4) is 28.3 Å². The van der Waals surface area contributed by atoms with Crippen LogP contribution in [0.15, 0.2) is 48.5 Å². The van der Waals surface area contributed by atoms with E-state index in [0.29, 0.717) is 11.2 Å². The third-order valence-electron chi connectivity index (χ3n) is 4.45. The number of ether oxygens (including phenoxy) is 1. The number of rotatable bonds is 3. The summed E-state index contributed by atoms with van der Waals surface area (Å²) in [5.41, 5.74) is 5.85. The Morgan fingerprint density at radius 2 is 1.81 bits per heavy atom. The molecule has 0 spiro atoms. The van der Waals surface area contributed by atoms with Gasteiger partial charge in [0, 0.05) is 16.5 Å². The summed E-state index contributed by atoms with van der Waals surface area (Å²) in [6.07, 6.45) is 0. The molecule has 0 fully saturated rings. The molecule has 5 heteroatoms. The Balaban J connectivity index is 1.80. The highest BCUT2D eigenvalue weighted by atomic mass is 19.1. The molecule has 2 heterocycles. The Morgan fingerprint density at radius 3 is 2.58 bits per heavy atom. The molecule has 2 aromatic carbocycles. The molecule has 4 nitrogen and oxygen atoms in total. The predicted octanol–water partition coefficient (Wildman–Crippen LogP) is 5.06. The number of nitrogens with zero attached hydrogens (tertiary/aromatic N) is 2. The average Bonchev–Trinajstić information content (AvgIpc) is 3.06. The lowest BCUT2D eigenvalue weighted by atomic mass is 10.0. The largest absolute Gasteiger partial charge is 0.497 e. The Hall–Kier alpha value is -3.21. The second kappa shape index (κ2) is 6.26. The van der Waals surface area contributed by atoms with Gasteiger partial charge in [-0.15, -0.1) is 0 Å². The standard InChI is InChI=1S/C21H18FN3O/c1-12-8-15(11-16(9-12)26-3)19-7-5-17-20(24-25-21(17)23-19)14-4-6-18(22)13(2)10-14/h4-11H,1-3H3,(H,23,24,25). The van der Waals surface area contributed by atoms with Crippen LogP contribution in [0.4, 0.5) is 4.39 Å². The zero-order chi connectivity index (χ0) is 18.3. The molecule has 0 atom stereocenters. The van der Waals surface area contributed by atoms with E-state index in [1.54, 1.807) is 20.1 Å². The molecule has 2 aromatic heterocycles. The summed E-state index contributed by atoms with van der Waals surface area (Å²) in [7, 11) is 1.65. The number of pyridine rings is 1. The number of aromatic amines is 1. The van der Waals surface area contributed by atoms with E-state index in [9.17, 15) is 4.39 Å². The fourth-order valence-electron chi connectivity index (χ4n) is 3.09. The molecule has 4 rings (SSSR count). The first-order valence-corrected chi connectivity index (χ1v) is 8.33. The van der Waals surface area contributed by atoms with E-state index in [4.69, 9.17) is 4.74 Å². The monoisotopic (exact) mass is 347 g/mol. The van der Waals surface area contributed by atoms with Crippen LogP contribution in [0.2, 0.25) is 0 Å². The molecule has 0 aliphatic heterocycles. The number of hydrogen-bond donors (Lipinski definition) is 1. The highest BCUT2D eigenvalue weighted by molar-refractivity contribution is 5.92. The highest BCUT2D eigenvalue weighted by Gasteiger charge is 2.12. The summed E-state index contributed by atoms with van der Waals surface area (Å²) in [6.45, 7) is 3.77. The fraction of sp³-hybridized carbons (Fsp3) is 0.143. The molecule has 0 saturated carbocycles. The number of halogens is 1. The number of H-pyrrole nitrogens is 1. The Kier molecular flexibility index (Phi) is 3.92. The van der Waals surface area contributed by atoms with E-state index in [1.165, 1.54) is 6.07 Å². The maximum atomic E-state index is 13.5. The van der Waals surface area contributed by atoms with E-state index in [2.05, 4.69) is 21.2 Å². The normalized spacial score (nSPS) is 11.1. The maximum Gasteiger partial charge on any atom is 0.182 e. The van der Waals surface area contributed by atoms with Crippen LogP contribution in [0.3, 0.4) is 0 Å². The first-order chi connectivity index (χ1) is 12.5. The summed E-state index contributed by atoms with van der Waals surface area (Å²) in [5.74, 6) is 0.581. The van der Waals surface area contributed by atoms with Gasteiger partial charge < -0.3 is 4.74 Å². The second-order valence-corrected chi connectivity index (χ2v) is 6.37. The highest BCUT2D eigenvalue weighted by Crippen LogP contribution is 2.30. The number of benzene rings is 2. The molecule has 4 aromatic rings. The van der Waals surface area contributed by atoms with E-state index in [0.717, 1.165) is 39.2 Å². The first kappa shape index (κ1) is 16.3. The number of fused-ring (bicyclic) bond motifs is 1. The molecular weight excluding hydrogens is 329 g/mol. The Bertz CT molecular complexity index is 1120. The molecule has 0 unspecified atom stereocenters. The van der Waals surface area contributed by atoms with Crippen LogP contribution in [0.25, 0.3) is 33.5 Å². The van der Waals surface area contributed by atoms with Crippen LogP contribution in [0.5, 0.6) is 5.75 Å². The van der Waals surface area contributed by atoms with Crippen molar-refractivity contribution in [2.24, 2.45) is 0 Å². The lowest BCUT2D eigenvalue weighted by Crippen LogP contribution is -1.89. The van der Waals surface area contributed by atoms with Crippen molar-refractivity contribution in [3.63, 3.8) is 0 Å². The summed E-state index contributed by atoms with van der Waals surface area (Å²) in [5, 5.41) is 8.27. The van der Waals surface area contributed by atoms with E-state index in [-0.39, 0.29) is 5.82 Å². The summed E-state index contributed by atoms with van der Waals surface area (Å²) < 4.78 is 18.9. The van der Waals surface area contributed by atoms with Gasteiger partial charge in [-0.1, -0.05) is 0 Å². The third kappa shape index (κ3) is 2.81. The van der Waals surface area contributed by atoms with Gasteiger partial charge in [0.2, 0.25) is 0 Å². The average molecular weight is 347 g/mol. The number of nitrogens with one attached hydrogen (secondary N) is 1. The topological polar surface area (TPSA) is 50.8 Å². The van der Waals surface area contributed by atoms with Gasteiger partial charge in [-0.2, -0.15) is 5.10 Å². The zero-order valence-corrected chi connectivity index (χ0v) is 14.8. The molecule has 1 N–H and O–H groups in total. The third-order valence-corrected chi connectivity index (χ3v) is 4.45. The van der Waals surface area contributed by atoms with Crippen LogP contribution in [-0.4, -0.2) is 22.3 Å². The molecule has 0 saturated heterocycles. The van der Waals surface area contributed by atoms with E-state index >= 15 is 0 Å². The van der Waals surface area contributed by atoms with Gasteiger partial charge in [0.15, 0.2) is 5.65 Å². The SMILES string of the molecule is COc1cc(C)cc(-c2ccc3c(-c4ccc(F)c(C)c4)[nH]nc3n2)c1. The lowest BCUT2D eigenvalue weighted by Gasteiger charge is -2.07. The second-order valence-electron chi connectivity index (χ2n) is 6.37.